The summed E-state index contributed by atoms with van der Waals surface area (Å²) in [6, 6.07) is 15.6. The number of fused-ring (bicyclic) bond motifs is 1. The molecular formula is C20H24ClN3O. The number of rotatable bonds is 7. The summed E-state index contributed by atoms with van der Waals surface area (Å²) >= 11 is 5.88. The summed E-state index contributed by atoms with van der Waals surface area (Å²) in [6.45, 7) is 6.58. The number of hydrogen-bond acceptors (Lipinski definition) is 2. The van der Waals surface area contributed by atoms with Crippen molar-refractivity contribution in [3.05, 3.63) is 59.2 Å². The Labute approximate surface area is 153 Å². The summed E-state index contributed by atoms with van der Waals surface area (Å²) in [4.78, 5) is 0. The van der Waals surface area contributed by atoms with Crippen LogP contribution in [0.2, 0.25) is 5.02 Å². The van der Waals surface area contributed by atoms with Gasteiger partial charge >= 0.3 is 0 Å². The quantitative estimate of drug-likeness (QED) is 0.612. The van der Waals surface area contributed by atoms with Gasteiger partial charge in [0.25, 0.3) is 0 Å². The van der Waals surface area contributed by atoms with Crippen molar-refractivity contribution < 1.29 is 4.74 Å². The lowest BCUT2D eigenvalue weighted by atomic mass is 10.2. The molecule has 1 aromatic heterocycles. The van der Waals surface area contributed by atoms with E-state index in [1.807, 2.05) is 36.4 Å². The number of nitrogens with one attached hydrogen (secondary N) is 1. The molecule has 0 amide bonds. The summed E-state index contributed by atoms with van der Waals surface area (Å²) in [6.07, 6.45) is 0.842. The predicted octanol–water partition coefficient (Wildman–Crippen LogP) is 4.70. The first kappa shape index (κ1) is 17.6. The van der Waals surface area contributed by atoms with E-state index in [2.05, 4.69) is 35.1 Å². The first-order valence-electron chi connectivity index (χ1n) is 8.67. The second kappa shape index (κ2) is 7.79. The number of halogens is 1. The molecule has 1 heterocycles. The molecule has 1 N–H and O–H groups in total. The van der Waals surface area contributed by atoms with Gasteiger partial charge in [0.05, 0.1) is 17.6 Å². The fourth-order valence-electron chi connectivity index (χ4n) is 3.01. The molecule has 3 rings (SSSR count). The van der Waals surface area contributed by atoms with Crippen LogP contribution in [0.1, 0.15) is 20.3 Å². The molecule has 5 heteroatoms. The van der Waals surface area contributed by atoms with Crippen molar-refractivity contribution in [2.24, 2.45) is 5.92 Å². The maximum atomic E-state index is 8.56. The van der Waals surface area contributed by atoms with Gasteiger partial charge in [-0.2, -0.15) is 0 Å². The average molecular weight is 358 g/mol. The van der Waals surface area contributed by atoms with Crippen molar-refractivity contribution in [2.75, 3.05) is 6.61 Å². The Kier molecular flexibility index (Phi) is 5.49. The summed E-state index contributed by atoms with van der Waals surface area (Å²) in [5.74, 6) is 1.32. The zero-order valence-electron chi connectivity index (χ0n) is 14.7. The Morgan fingerprint density at radius 3 is 2.28 bits per heavy atom. The van der Waals surface area contributed by atoms with Crippen LogP contribution in [0.15, 0.2) is 48.5 Å². The highest BCUT2D eigenvalue weighted by atomic mass is 35.5. The Morgan fingerprint density at radius 1 is 1.00 bits per heavy atom. The lowest BCUT2D eigenvalue weighted by Crippen LogP contribution is -2.26. The number of aryl methyl sites for hydroxylation is 1. The van der Waals surface area contributed by atoms with Gasteiger partial charge in [-0.15, -0.1) is 0 Å². The molecule has 0 saturated carbocycles. The molecule has 0 aliphatic heterocycles. The van der Waals surface area contributed by atoms with E-state index in [4.69, 9.17) is 21.7 Å². The van der Waals surface area contributed by atoms with E-state index in [0.717, 1.165) is 36.3 Å². The third-order valence-electron chi connectivity index (χ3n) is 4.13. The fourth-order valence-corrected chi connectivity index (χ4v) is 3.14. The molecule has 0 aliphatic carbocycles. The lowest BCUT2D eigenvalue weighted by molar-refractivity contribution is 0.301. The Bertz CT molecular complexity index is 893. The van der Waals surface area contributed by atoms with E-state index < -0.39 is 0 Å². The van der Waals surface area contributed by atoms with Gasteiger partial charge in [-0.05, 0) is 48.7 Å². The van der Waals surface area contributed by atoms with Crippen LogP contribution < -0.4 is 10.4 Å². The lowest BCUT2D eigenvalue weighted by Gasteiger charge is -2.08. The van der Waals surface area contributed by atoms with E-state index in [0.29, 0.717) is 23.2 Å². The largest absolute Gasteiger partial charge is 0.494 e. The first-order valence-corrected chi connectivity index (χ1v) is 9.05. The van der Waals surface area contributed by atoms with E-state index in [1.54, 1.807) is 0 Å². The van der Waals surface area contributed by atoms with Gasteiger partial charge in [0, 0.05) is 18.1 Å². The average Bonchev–Trinajstić information content (AvgIpc) is 2.85. The van der Waals surface area contributed by atoms with E-state index in [1.165, 1.54) is 0 Å². The second-order valence-corrected chi connectivity index (χ2v) is 7.06. The van der Waals surface area contributed by atoms with Crippen LogP contribution in [0.25, 0.3) is 11.0 Å². The van der Waals surface area contributed by atoms with Crippen molar-refractivity contribution >= 4 is 22.6 Å². The number of para-hydroxylation sites is 2. The van der Waals surface area contributed by atoms with E-state index in [-0.39, 0.29) is 0 Å². The van der Waals surface area contributed by atoms with Crippen molar-refractivity contribution in [3.63, 3.8) is 0 Å². The minimum atomic E-state index is 0.501. The SMILES string of the molecule is CC(C)Cn1c(=N)n(CCCOc2ccc(Cl)cc2)c2ccccc21. The molecule has 0 aliphatic rings. The van der Waals surface area contributed by atoms with Gasteiger partial charge in [0.15, 0.2) is 0 Å². The highest BCUT2D eigenvalue weighted by Crippen LogP contribution is 2.17. The zero-order chi connectivity index (χ0) is 17.8. The van der Waals surface area contributed by atoms with Crippen LogP contribution in [-0.4, -0.2) is 15.7 Å². The smallest absolute Gasteiger partial charge is 0.203 e. The van der Waals surface area contributed by atoms with Crippen LogP contribution in [0.5, 0.6) is 5.75 Å². The molecule has 0 fully saturated rings. The number of nitrogens with zero attached hydrogens (tertiary/aromatic N) is 2. The topological polar surface area (TPSA) is 42.9 Å². The van der Waals surface area contributed by atoms with Gasteiger partial charge in [-0.25, -0.2) is 0 Å². The highest BCUT2D eigenvalue weighted by molar-refractivity contribution is 6.30. The van der Waals surface area contributed by atoms with Gasteiger partial charge in [-0.3, -0.25) is 5.41 Å². The zero-order valence-corrected chi connectivity index (χ0v) is 15.5. The molecular weight excluding hydrogens is 334 g/mol. The molecule has 2 aromatic carbocycles. The molecule has 3 aromatic rings. The minimum Gasteiger partial charge on any atom is -0.494 e. The molecule has 4 nitrogen and oxygen atoms in total. The minimum absolute atomic E-state index is 0.501. The molecule has 0 bridgehead atoms. The van der Waals surface area contributed by atoms with Crippen LogP contribution in [0.3, 0.4) is 0 Å². The maximum Gasteiger partial charge on any atom is 0.203 e. The molecule has 0 saturated heterocycles. The van der Waals surface area contributed by atoms with Crippen molar-refractivity contribution in [1.82, 2.24) is 9.13 Å². The normalized spacial score (nSPS) is 11.4. The van der Waals surface area contributed by atoms with Crippen molar-refractivity contribution in [1.29, 1.82) is 5.41 Å². The number of benzene rings is 2. The Morgan fingerprint density at radius 2 is 1.64 bits per heavy atom. The van der Waals surface area contributed by atoms with Gasteiger partial charge in [0.1, 0.15) is 5.75 Å². The third kappa shape index (κ3) is 4.07. The monoisotopic (exact) mass is 357 g/mol. The summed E-state index contributed by atoms with van der Waals surface area (Å²) in [5.41, 5.74) is 2.79. The van der Waals surface area contributed by atoms with Gasteiger partial charge < -0.3 is 13.9 Å². The van der Waals surface area contributed by atoms with Crippen molar-refractivity contribution in [3.8, 4) is 5.75 Å². The van der Waals surface area contributed by atoms with Crippen LogP contribution in [0, 0.1) is 11.3 Å². The molecule has 0 unspecified atom stereocenters. The fraction of sp³-hybridized carbons (Fsp3) is 0.350. The Balaban J connectivity index is 1.72. The van der Waals surface area contributed by atoms with Crippen LogP contribution >= 0.6 is 11.6 Å². The predicted molar refractivity (Wildman–Crippen MR) is 102 cm³/mol. The molecule has 132 valence electrons. The first-order chi connectivity index (χ1) is 12.1. The summed E-state index contributed by atoms with van der Waals surface area (Å²) in [7, 11) is 0. The van der Waals surface area contributed by atoms with E-state index in [9.17, 15) is 0 Å². The maximum absolute atomic E-state index is 8.56. The number of hydrogen-bond donors (Lipinski definition) is 1. The van der Waals surface area contributed by atoms with Crippen LogP contribution in [-0.2, 0) is 13.1 Å². The van der Waals surface area contributed by atoms with Crippen LogP contribution in [0.4, 0.5) is 0 Å². The Hall–Kier alpha value is -2.20. The number of aromatic nitrogens is 2. The number of imidazole rings is 1. The van der Waals surface area contributed by atoms with E-state index >= 15 is 0 Å². The van der Waals surface area contributed by atoms with Crippen molar-refractivity contribution in [2.45, 2.75) is 33.4 Å². The summed E-state index contributed by atoms with van der Waals surface area (Å²) in [5, 5.41) is 9.27. The third-order valence-corrected chi connectivity index (χ3v) is 4.38. The standard InChI is InChI=1S/C20H24ClN3O/c1-15(2)14-24-19-7-4-3-6-18(19)23(20(24)22)12-5-13-25-17-10-8-16(21)9-11-17/h3-4,6-11,15,22H,5,12-14H2,1-2H3. The van der Waals surface area contributed by atoms with Gasteiger partial charge in [0.2, 0.25) is 5.62 Å². The molecule has 25 heavy (non-hydrogen) atoms. The van der Waals surface area contributed by atoms with Gasteiger partial charge in [-0.1, -0.05) is 37.6 Å². The summed E-state index contributed by atoms with van der Waals surface area (Å²) < 4.78 is 9.94. The number of ether oxygens (including phenoxy) is 1. The second-order valence-electron chi connectivity index (χ2n) is 6.62. The highest BCUT2D eigenvalue weighted by Gasteiger charge is 2.11. The molecule has 0 radical (unpaired) electrons. The molecule has 0 atom stereocenters. The molecule has 0 spiro atoms.